The first-order valence-corrected chi connectivity index (χ1v) is 10.1. The molecule has 0 spiro atoms. The van der Waals surface area contributed by atoms with Gasteiger partial charge < -0.3 is 4.90 Å². The van der Waals surface area contributed by atoms with Crippen LogP contribution in [0.1, 0.15) is 27.9 Å². The number of hydrogen-bond acceptors (Lipinski definition) is 3. The Morgan fingerprint density at radius 1 is 1.08 bits per heavy atom. The Labute approximate surface area is 153 Å². The van der Waals surface area contributed by atoms with Gasteiger partial charge in [0.2, 0.25) is 0 Å². The van der Waals surface area contributed by atoms with Crippen molar-refractivity contribution in [1.29, 1.82) is 0 Å². The van der Waals surface area contributed by atoms with Crippen LogP contribution in [0.5, 0.6) is 0 Å². The first kappa shape index (κ1) is 18.0. The molecule has 1 aliphatic rings. The summed E-state index contributed by atoms with van der Waals surface area (Å²) in [6.07, 6.45) is 0.446. The summed E-state index contributed by atoms with van der Waals surface area (Å²) in [6.45, 7) is 4.56. The van der Waals surface area contributed by atoms with Crippen molar-refractivity contribution in [3.63, 3.8) is 0 Å². The van der Waals surface area contributed by atoms with Crippen molar-refractivity contribution in [2.45, 2.75) is 30.4 Å². The standard InChI is InChI=1S/C19H20ClNO3S/c1-13-9-14(2)11-15(10-13)19(22)21-8-7-18(12-21)25(23,24)17-5-3-16(20)4-6-17/h3-6,9-11,18H,7-8,12H2,1-2H3. The topological polar surface area (TPSA) is 54.5 Å². The lowest BCUT2D eigenvalue weighted by atomic mass is 10.1. The molecule has 6 heteroatoms. The maximum absolute atomic E-state index is 12.8. The summed E-state index contributed by atoms with van der Waals surface area (Å²) in [7, 11) is -3.47. The quantitative estimate of drug-likeness (QED) is 0.820. The van der Waals surface area contributed by atoms with Gasteiger partial charge in [0, 0.05) is 23.7 Å². The zero-order chi connectivity index (χ0) is 18.2. The number of hydrogen-bond donors (Lipinski definition) is 0. The Kier molecular flexibility index (Phi) is 4.89. The Bertz CT molecular complexity index is 887. The van der Waals surface area contributed by atoms with Gasteiger partial charge in [-0.1, -0.05) is 28.8 Å². The summed E-state index contributed by atoms with van der Waals surface area (Å²) in [6, 6.07) is 11.9. The molecule has 1 heterocycles. The number of likely N-dealkylation sites (tertiary alicyclic amines) is 1. The van der Waals surface area contributed by atoms with Gasteiger partial charge in [-0.25, -0.2) is 8.42 Å². The van der Waals surface area contributed by atoms with Gasteiger partial charge in [0.1, 0.15) is 0 Å². The van der Waals surface area contributed by atoms with Gasteiger partial charge in [0.25, 0.3) is 5.91 Å². The second-order valence-electron chi connectivity index (χ2n) is 6.54. The third-order valence-electron chi connectivity index (χ3n) is 4.48. The maximum atomic E-state index is 12.8. The van der Waals surface area contributed by atoms with Crippen molar-refractivity contribution in [3.8, 4) is 0 Å². The summed E-state index contributed by atoms with van der Waals surface area (Å²) in [5.41, 5.74) is 2.66. The molecule has 1 atom stereocenters. The van der Waals surface area contributed by atoms with E-state index in [1.165, 1.54) is 12.1 Å². The monoisotopic (exact) mass is 377 g/mol. The number of sulfone groups is 1. The second kappa shape index (κ2) is 6.81. The van der Waals surface area contributed by atoms with Crippen LogP contribution in [0.25, 0.3) is 0 Å². The van der Waals surface area contributed by atoms with Crippen molar-refractivity contribution in [2.75, 3.05) is 13.1 Å². The Balaban J connectivity index is 1.79. The molecular weight excluding hydrogens is 358 g/mol. The summed E-state index contributed by atoms with van der Waals surface area (Å²) in [4.78, 5) is 14.6. The molecule has 1 saturated heterocycles. The lowest BCUT2D eigenvalue weighted by molar-refractivity contribution is 0.0793. The van der Waals surface area contributed by atoms with Crippen LogP contribution in [0.4, 0.5) is 0 Å². The molecule has 1 fully saturated rings. The molecule has 0 aliphatic carbocycles. The normalized spacial score (nSPS) is 17.7. The van der Waals surface area contributed by atoms with E-state index >= 15 is 0 Å². The average molecular weight is 378 g/mol. The van der Waals surface area contributed by atoms with Gasteiger partial charge in [-0.05, 0) is 56.7 Å². The van der Waals surface area contributed by atoms with Crippen LogP contribution in [0.15, 0.2) is 47.4 Å². The highest BCUT2D eigenvalue weighted by atomic mass is 35.5. The van der Waals surface area contributed by atoms with Gasteiger partial charge >= 0.3 is 0 Å². The molecule has 0 N–H and O–H groups in total. The van der Waals surface area contributed by atoms with Crippen LogP contribution in [0.2, 0.25) is 5.02 Å². The fourth-order valence-electron chi connectivity index (χ4n) is 3.26. The third-order valence-corrected chi connectivity index (χ3v) is 6.93. The van der Waals surface area contributed by atoms with E-state index in [0.717, 1.165) is 11.1 Å². The number of amides is 1. The highest BCUT2D eigenvalue weighted by Crippen LogP contribution is 2.26. The minimum Gasteiger partial charge on any atom is -0.337 e. The van der Waals surface area contributed by atoms with Crippen LogP contribution >= 0.6 is 11.6 Å². The van der Waals surface area contributed by atoms with Crippen molar-refractivity contribution in [1.82, 2.24) is 4.90 Å². The zero-order valence-corrected chi connectivity index (χ0v) is 15.8. The predicted molar refractivity (Wildman–Crippen MR) is 98.9 cm³/mol. The maximum Gasteiger partial charge on any atom is 0.253 e. The van der Waals surface area contributed by atoms with Crippen LogP contribution in [-0.4, -0.2) is 37.6 Å². The van der Waals surface area contributed by atoms with Gasteiger partial charge in [0.15, 0.2) is 9.84 Å². The van der Waals surface area contributed by atoms with Crippen molar-refractivity contribution in [2.24, 2.45) is 0 Å². The van der Waals surface area contributed by atoms with E-state index in [1.54, 1.807) is 17.0 Å². The smallest absolute Gasteiger partial charge is 0.253 e. The molecule has 25 heavy (non-hydrogen) atoms. The van der Waals surface area contributed by atoms with Gasteiger partial charge in [-0.2, -0.15) is 0 Å². The van der Waals surface area contributed by atoms with E-state index in [0.29, 0.717) is 23.6 Å². The first-order valence-electron chi connectivity index (χ1n) is 8.14. The first-order chi connectivity index (χ1) is 11.8. The van der Waals surface area contributed by atoms with Crippen molar-refractivity contribution in [3.05, 3.63) is 64.2 Å². The molecule has 0 saturated carbocycles. The summed E-state index contributed by atoms with van der Waals surface area (Å²) < 4.78 is 25.6. The van der Waals surface area contributed by atoms with E-state index < -0.39 is 15.1 Å². The van der Waals surface area contributed by atoms with Crippen LogP contribution < -0.4 is 0 Å². The molecule has 0 radical (unpaired) electrons. The Morgan fingerprint density at radius 2 is 1.68 bits per heavy atom. The highest BCUT2D eigenvalue weighted by molar-refractivity contribution is 7.92. The lowest BCUT2D eigenvalue weighted by Gasteiger charge is -2.17. The number of rotatable bonds is 3. The van der Waals surface area contributed by atoms with E-state index in [-0.39, 0.29) is 17.3 Å². The molecule has 3 rings (SSSR count). The van der Waals surface area contributed by atoms with E-state index in [1.807, 2.05) is 32.0 Å². The molecular formula is C19H20ClNO3S. The summed E-state index contributed by atoms with van der Waals surface area (Å²) in [5, 5.41) is -0.0828. The van der Waals surface area contributed by atoms with Crippen molar-refractivity contribution >= 4 is 27.3 Å². The van der Waals surface area contributed by atoms with Crippen molar-refractivity contribution < 1.29 is 13.2 Å². The van der Waals surface area contributed by atoms with E-state index in [2.05, 4.69) is 0 Å². The fourth-order valence-corrected chi connectivity index (χ4v) is 5.08. The van der Waals surface area contributed by atoms with Crippen LogP contribution in [-0.2, 0) is 9.84 Å². The molecule has 132 valence electrons. The largest absolute Gasteiger partial charge is 0.337 e. The van der Waals surface area contributed by atoms with Gasteiger partial charge in [-0.15, -0.1) is 0 Å². The number of nitrogens with zero attached hydrogens (tertiary/aromatic N) is 1. The molecule has 0 bridgehead atoms. The zero-order valence-electron chi connectivity index (χ0n) is 14.2. The Hall–Kier alpha value is -1.85. The molecule has 1 amide bonds. The molecule has 1 aliphatic heterocycles. The SMILES string of the molecule is Cc1cc(C)cc(C(=O)N2CCC(S(=O)(=O)c3ccc(Cl)cc3)C2)c1. The van der Waals surface area contributed by atoms with E-state index in [4.69, 9.17) is 11.6 Å². The van der Waals surface area contributed by atoms with E-state index in [9.17, 15) is 13.2 Å². The average Bonchev–Trinajstić information content (AvgIpc) is 3.04. The lowest BCUT2D eigenvalue weighted by Crippen LogP contribution is -2.32. The van der Waals surface area contributed by atoms with Gasteiger partial charge in [-0.3, -0.25) is 4.79 Å². The molecule has 2 aromatic carbocycles. The van der Waals surface area contributed by atoms with Gasteiger partial charge in [0.05, 0.1) is 10.1 Å². The van der Waals surface area contributed by atoms with Crippen LogP contribution in [0, 0.1) is 13.8 Å². The molecule has 1 unspecified atom stereocenters. The molecule has 0 aromatic heterocycles. The van der Waals surface area contributed by atoms with Crippen LogP contribution in [0.3, 0.4) is 0 Å². The second-order valence-corrected chi connectivity index (χ2v) is 9.20. The number of benzene rings is 2. The molecule has 2 aromatic rings. The minimum absolute atomic E-state index is 0.111. The number of carbonyl (C=O) groups is 1. The minimum atomic E-state index is -3.47. The summed E-state index contributed by atoms with van der Waals surface area (Å²) in [5.74, 6) is -0.111. The highest BCUT2D eigenvalue weighted by Gasteiger charge is 2.36. The number of aryl methyl sites for hydroxylation is 2. The number of carbonyl (C=O) groups excluding carboxylic acids is 1. The molecule has 4 nitrogen and oxygen atoms in total. The Morgan fingerprint density at radius 3 is 2.28 bits per heavy atom. The third kappa shape index (κ3) is 3.72. The fraction of sp³-hybridized carbons (Fsp3) is 0.316. The number of halogens is 1. The summed E-state index contributed by atoms with van der Waals surface area (Å²) >= 11 is 5.83. The predicted octanol–water partition coefficient (Wildman–Crippen LogP) is 3.65.